The van der Waals surface area contributed by atoms with Gasteiger partial charge in [-0.3, -0.25) is 5.10 Å². The molecule has 3 N–H and O–H groups in total. The van der Waals surface area contributed by atoms with E-state index in [1.165, 1.54) is 30.5 Å². The van der Waals surface area contributed by atoms with Gasteiger partial charge in [-0.05, 0) is 68.6 Å². The number of nitrogens with one attached hydrogen (secondary N) is 3. The van der Waals surface area contributed by atoms with Gasteiger partial charge in [0, 0.05) is 17.0 Å². The van der Waals surface area contributed by atoms with Crippen LogP contribution in [0.2, 0.25) is 0 Å². The number of aromatic amines is 2. The molecule has 162 valence electrons. The van der Waals surface area contributed by atoms with E-state index in [9.17, 15) is 4.39 Å². The molecular weight excluding hydrogens is 403 g/mol. The largest absolute Gasteiger partial charge is 0.335 e. The fourth-order valence-corrected chi connectivity index (χ4v) is 4.26. The Balaban J connectivity index is 1.51. The van der Waals surface area contributed by atoms with E-state index in [0.717, 1.165) is 40.3 Å². The molecule has 1 fully saturated rings. The molecule has 3 aromatic heterocycles. The predicted molar refractivity (Wildman–Crippen MR) is 125 cm³/mol. The molecule has 0 bridgehead atoms. The quantitative estimate of drug-likeness (QED) is 0.466. The van der Waals surface area contributed by atoms with Crippen LogP contribution >= 0.6 is 0 Å². The fourth-order valence-electron chi connectivity index (χ4n) is 4.26. The average molecular weight is 429 g/mol. The van der Waals surface area contributed by atoms with E-state index >= 15 is 0 Å². The van der Waals surface area contributed by atoms with Crippen LogP contribution in [0.4, 0.5) is 4.39 Å². The van der Waals surface area contributed by atoms with Gasteiger partial charge in [0.05, 0.1) is 10.9 Å². The Morgan fingerprint density at radius 2 is 2.06 bits per heavy atom. The molecular formula is C25H25FN6. The molecule has 7 heteroatoms. The molecule has 4 aromatic rings. The SMILES string of the molecule is C=c1c(-c2nc3nccc(-c4cccc(F)c4)c3[nH]2)n[nH]/c1=C/C=C(\C)C1CCNCC1. The minimum Gasteiger partial charge on any atom is -0.335 e. The summed E-state index contributed by atoms with van der Waals surface area (Å²) in [5.41, 5.74) is 4.90. The van der Waals surface area contributed by atoms with Crippen LogP contribution in [0.1, 0.15) is 19.8 Å². The first-order chi connectivity index (χ1) is 15.6. The van der Waals surface area contributed by atoms with E-state index in [1.54, 1.807) is 12.3 Å². The second kappa shape index (κ2) is 8.51. The molecule has 1 aromatic carbocycles. The zero-order valence-electron chi connectivity index (χ0n) is 18.0. The zero-order chi connectivity index (χ0) is 22.1. The lowest BCUT2D eigenvalue weighted by Crippen LogP contribution is -2.28. The molecule has 1 aliphatic heterocycles. The van der Waals surface area contributed by atoms with Gasteiger partial charge in [-0.15, -0.1) is 0 Å². The van der Waals surface area contributed by atoms with Gasteiger partial charge in [0.15, 0.2) is 11.5 Å². The Bertz CT molecular complexity index is 1410. The van der Waals surface area contributed by atoms with Crippen molar-refractivity contribution in [1.29, 1.82) is 0 Å². The highest BCUT2D eigenvalue weighted by atomic mass is 19.1. The van der Waals surface area contributed by atoms with Crippen molar-refractivity contribution in [3.8, 4) is 22.6 Å². The molecule has 1 saturated heterocycles. The number of hydrogen-bond donors (Lipinski definition) is 3. The molecule has 0 amide bonds. The van der Waals surface area contributed by atoms with Crippen LogP contribution in [-0.2, 0) is 0 Å². The third kappa shape index (κ3) is 3.87. The number of halogens is 1. The lowest BCUT2D eigenvalue weighted by Gasteiger charge is -2.23. The Hall–Kier alpha value is -3.58. The van der Waals surface area contributed by atoms with Crippen molar-refractivity contribution in [3.05, 3.63) is 64.6 Å². The minimum atomic E-state index is -0.285. The summed E-state index contributed by atoms with van der Waals surface area (Å²) >= 11 is 0. The number of benzene rings is 1. The number of nitrogens with zero attached hydrogens (tertiary/aromatic N) is 3. The number of rotatable bonds is 4. The number of pyridine rings is 1. The molecule has 32 heavy (non-hydrogen) atoms. The summed E-state index contributed by atoms with van der Waals surface area (Å²) in [6.45, 7) is 8.54. The molecule has 0 spiro atoms. The van der Waals surface area contributed by atoms with E-state index in [4.69, 9.17) is 0 Å². The lowest BCUT2D eigenvalue weighted by atomic mass is 9.91. The van der Waals surface area contributed by atoms with Crippen LogP contribution in [0, 0.1) is 11.7 Å². The number of H-pyrrole nitrogens is 2. The van der Waals surface area contributed by atoms with Gasteiger partial charge >= 0.3 is 0 Å². The zero-order valence-corrected chi connectivity index (χ0v) is 18.0. The Morgan fingerprint density at radius 3 is 2.88 bits per heavy atom. The van der Waals surface area contributed by atoms with Gasteiger partial charge in [-0.2, -0.15) is 5.10 Å². The summed E-state index contributed by atoms with van der Waals surface area (Å²) in [6.07, 6.45) is 8.21. The maximum Gasteiger partial charge on any atom is 0.178 e. The summed E-state index contributed by atoms with van der Waals surface area (Å²) in [5, 5.41) is 12.5. The third-order valence-corrected chi connectivity index (χ3v) is 6.15. The summed E-state index contributed by atoms with van der Waals surface area (Å²) < 4.78 is 13.8. The van der Waals surface area contributed by atoms with Crippen molar-refractivity contribution in [3.63, 3.8) is 0 Å². The Morgan fingerprint density at radius 1 is 1.22 bits per heavy atom. The smallest absolute Gasteiger partial charge is 0.178 e. The number of imidazole rings is 1. The van der Waals surface area contributed by atoms with Gasteiger partial charge in [0.2, 0.25) is 0 Å². The minimum absolute atomic E-state index is 0.285. The highest BCUT2D eigenvalue weighted by Gasteiger charge is 2.15. The van der Waals surface area contributed by atoms with Crippen LogP contribution in [0.5, 0.6) is 0 Å². The van der Waals surface area contributed by atoms with Crippen molar-refractivity contribution in [2.75, 3.05) is 13.1 Å². The number of aromatic nitrogens is 5. The Labute approximate surface area is 185 Å². The molecule has 0 atom stereocenters. The van der Waals surface area contributed by atoms with Crippen LogP contribution < -0.4 is 15.9 Å². The third-order valence-electron chi connectivity index (χ3n) is 6.15. The van der Waals surface area contributed by atoms with Crippen molar-refractivity contribution in [2.24, 2.45) is 5.92 Å². The van der Waals surface area contributed by atoms with Crippen LogP contribution in [0.25, 0.3) is 46.5 Å². The summed E-state index contributed by atoms with van der Waals surface area (Å²) in [5.74, 6) is 0.912. The van der Waals surface area contributed by atoms with Crippen molar-refractivity contribution >= 4 is 23.8 Å². The molecule has 0 unspecified atom stereocenters. The van der Waals surface area contributed by atoms with Gasteiger partial charge in [0.1, 0.15) is 11.5 Å². The highest BCUT2D eigenvalue weighted by molar-refractivity contribution is 5.91. The number of piperidine rings is 1. The number of allylic oxidation sites excluding steroid dienone is 2. The first kappa shape index (κ1) is 20.3. The monoisotopic (exact) mass is 428 g/mol. The first-order valence-corrected chi connectivity index (χ1v) is 10.8. The molecule has 1 aliphatic rings. The highest BCUT2D eigenvalue weighted by Crippen LogP contribution is 2.27. The van der Waals surface area contributed by atoms with Crippen molar-refractivity contribution in [1.82, 2.24) is 30.5 Å². The molecule has 0 saturated carbocycles. The van der Waals surface area contributed by atoms with E-state index in [-0.39, 0.29) is 5.82 Å². The standard InChI is InChI=1S/C25H25FN6/c1-15(17-8-11-27-12-9-17)6-7-21-16(2)22(32-31-21)25-29-23-20(10-13-28-24(23)30-25)18-4-3-5-19(26)14-18/h3-7,10,13-14,17,27,31H,2,8-9,11-12H2,1H3,(H,28,29,30)/b15-6+,21-7+. The van der Waals surface area contributed by atoms with Crippen molar-refractivity contribution in [2.45, 2.75) is 19.8 Å². The van der Waals surface area contributed by atoms with E-state index in [1.807, 2.05) is 18.2 Å². The Kier molecular flexibility index (Phi) is 5.41. The maximum atomic E-state index is 13.8. The van der Waals surface area contributed by atoms with Crippen LogP contribution in [0.3, 0.4) is 0 Å². The molecule has 4 heterocycles. The topological polar surface area (TPSA) is 82.3 Å². The molecule has 0 aliphatic carbocycles. The summed E-state index contributed by atoms with van der Waals surface area (Å²) in [7, 11) is 0. The second-order valence-electron chi connectivity index (χ2n) is 8.22. The van der Waals surface area contributed by atoms with Gasteiger partial charge in [-0.1, -0.05) is 30.4 Å². The van der Waals surface area contributed by atoms with E-state index in [2.05, 4.69) is 50.0 Å². The second-order valence-corrected chi connectivity index (χ2v) is 8.22. The van der Waals surface area contributed by atoms with E-state index < -0.39 is 0 Å². The van der Waals surface area contributed by atoms with Crippen LogP contribution in [0.15, 0.2) is 48.2 Å². The fraction of sp³-hybridized carbons (Fsp3) is 0.240. The first-order valence-electron chi connectivity index (χ1n) is 10.8. The van der Waals surface area contributed by atoms with Gasteiger partial charge < -0.3 is 10.3 Å². The molecule has 0 radical (unpaired) electrons. The molecule has 5 rings (SSSR count). The summed E-state index contributed by atoms with van der Waals surface area (Å²) in [4.78, 5) is 12.3. The molecule has 6 nitrogen and oxygen atoms in total. The van der Waals surface area contributed by atoms with Gasteiger partial charge in [-0.25, -0.2) is 14.4 Å². The van der Waals surface area contributed by atoms with Crippen LogP contribution in [-0.4, -0.2) is 38.2 Å². The van der Waals surface area contributed by atoms with E-state index in [0.29, 0.717) is 23.1 Å². The number of hydrogen-bond acceptors (Lipinski definition) is 4. The number of fused-ring (bicyclic) bond motifs is 1. The van der Waals surface area contributed by atoms with Gasteiger partial charge in [0.25, 0.3) is 0 Å². The maximum absolute atomic E-state index is 13.8. The normalized spacial score (nSPS) is 16.2. The van der Waals surface area contributed by atoms with Crippen molar-refractivity contribution < 1.29 is 4.39 Å². The average Bonchev–Trinajstić information content (AvgIpc) is 3.41. The lowest BCUT2D eigenvalue weighted by molar-refractivity contribution is 0.420. The predicted octanol–water partition coefficient (Wildman–Crippen LogP) is 3.29. The summed E-state index contributed by atoms with van der Waals surface area (Å²) in [6, 6.07) is 8.34.